The Bertz CT molecular complexity index is 1260. The number of carbonyl (C=O) groups excluding carboxylic acids is 1. The lowest BCUT2D eigenvalue weighted by Crippen LogP contribution is -2.30. The number of carbonyl (C=O) groups is 1. The number of fused-ring (bicyclic) bond motifs is 1. The monoisotopic (exact) mass is 444 g/mol. The maximum atomic E-state index is 13.3. The minimum absolute atomic E-state index is 0.188. The number of amides is 1. The first-order valence-corrected chi connectivity index (χ1v) is 11.3. The average molecular weight is 445 g/mol. The zero-order valence-corrected chi connectivity index (χ0v) is 18.3. The van der Waals surface area contributed by atoms with Crippen LogP contribution in [0.2, 0.25) is 0 Å². The molecule has 0 fully saturated rings. The number of nitrogens with zero attached hydrogens (tertiary/aromatic N) is 2. The fourth-order valence-corrected chi connectivity index (χ4v) is 4.40. The molecular formula is C25H22N3O3S-. The first-order chi connectivity index (χ1) is 15.6. The maximum absolute atomic E-state index is 13.3. The number of benzene rings is 3. The Morgan fingerprint density at radius 3 is 2.47 bits per heavy atom. The van der Waals surface area contributed by atoms with Crippen LogP contribution in [0.4, 0.5) is 11.4 Å². The molecule has 4 aromatic rings. The van der Waals surface area contributed by atoms with Gasteiger partial charge in [-0.25, -0.2) is 0 Å². The van der Waals surface area contributed by atoms with Gasteiger partial charge in [-0.1, -0.05) is 61.5 Å². The molecule has 0 aliphatic heterocycles. The highest BCUT2D eigenvalue weighted by molar-refractivity contribution is 7.81. The molecule has 2 atom stereocenters. The molecule has 3 aromatic carbocycles. The molecular weight excluding hydrogens is 422 g/mol. The summed E-state index contributed by atoms with van der Waals surface area (Å²) in [7, 11) is 0. The molecule has 0 saturated heterocycles. The number of nitrogens with one attached hydrogen (secondary N) is 1. The van der Waals surface area contributed by atoms with Gasteiger partial charge < -0.3 is 9.87 Å². The Morgan fingerprint density at radius 1 is 1.00 bits per heavy atom. The molecule has 2 unspecified atom stereocenters. The zero-order chi connectivity index (χ0) is 22.5. The number of hydrogen-bond donors (Lipinski definition) is 1. The van der Waals surface area contributed by atoms with Gasteiger partial charge in [0, 0.05) is 23.2 Å². The van der Waals surface area contributed by atoms with E-state index in [1.165, 1.54) is 0 Å². The number of aromatic nitrogens is 1. The summed E-state index contributed by atoms with van der Waals surface area (Å²) in [6.45, 7) is 1.99. The van der Waals surface area contributed by atoms with Crippen LogP contribution in [0.3, 0.4) is 0 Å². The molecule has 1 N–H and O–H groups in total. The van der Waals surface area contributed by atoms with E-state index in [4.69, 9.17) is 0 Å². The minimum Gasteiger partial charge on any atom is -0.755 e. The van der Waals surface area contributed by atoms with Gasteiger partial charge in [0.15, 0.2) is 0 Å². The topological polar surface area (TPSA) is 85.4 Å². The zero-order valence-electron chi connectivity index (χ0n) is 17.5. The fraction of sp³-hybridized carbons (Fsp3) is 0.120. The van der Waals surface area contributed by atoms with Crippen LogP contribution in [0.1, 0.15) is 35.3 Å². The van der Waals surface area contributed by atoms with Gasteiger partial charge in [-0.3, -0.25) is 18.3 Å². The number of rotatable bonds is 7. The molecule has 1 aromatic heterocycles. The third kappa shape index (κ3) is 4.39. The van der Waals surface area contributed by atoms with Crippen molar-refractivity contribution in [1.82, 2.24) is 10.3 Å². The number of anilines is 2. The summed E-state index contributed by atoms with van der Waals surface area (Å²) in [5, 5.41) is 4.57. The molecule has 0 aliphatic rings. The van der Waals surface area contributed by atoms with Crippen LogP contribution in [0.25, 0.3) is 10.8 Å². The van der Waals surface area contributed by atoms with E-state index in [0.29, 0.717) is 12.1 Å². The second kappa shape index (κ2) is 9.72. The molecule has 6 nitrogen and oxygen atoms in total. The smallest absolute Gasteiger partial charge is 0.253 e. The summed E-state index contributed by atoms with van der Waals surface area (Å²) in [6, 6.07) is 23.3. The number of hydrogen-bond acceptors (Lipinski definition) is 4. The van der Waals surface area contributed by atoms with Crippen LogP contribution < -0.4 is 9.62 Å². The lowest BCUT2D eigenvalue weighted by molar-refractivity contribution is 0.0936. The molecule has 0 spiro atoms. The first kappa shape index (κ1) is 21.7. The van der Waals surface area contributed by atoms with E-state index in [2.05, 4.69) is 10.3 Å². The van der Waals surface area contributed by atoms with Crippen molar-refractivity contribution in [3.05, 3.63) is 102 Å². The van der Waals surface area contributed by atoms with Crippen LogP contribution in [-0.4, -0.2) is 19.7 Å². The molecule has 0 saturated carbocycles. The van der Waals surface area contributed by atoms with Crippen molar-refractivity contribution >= 4 is 39.3 Å². The average Bonchev–Trinajstić information content (AvgIpc) is 2.83. The fourth-order valence-electron chi connectivity index (χ4n) is 3.76. The van der Waals surface area contributed by atoms with Crippen LogP contribution in [0, 0.1) is 0 Å². The van der Waals surface area contributed by atoms with Crippen LogP contribution in [0.5, 0.6) is 0 Å². The van der Waals surface area contributed by atoms with Gasteiger partial charge in [0.2, 0.25) is 0 Å². The predicted molar refractivity (Wildman–Crippen MR) is 126 cm³/mol. The summed E-state index contributed by atoms with van der Waals surface area (Å²) in [4.78, 5) is 17.4. The summed E-state index contributed by atoms with van der Waals surface area (Å²) in [5.41, 5.74) is 2.00. The van der Waals surface area contributed by atoms with Gasteiger partial charge in [0.05, 0.1) is 34.2 Å². The van der Waals surface area contributed by atoms with Gasteiger partial charge in [0.1, 0.15) is 0 Å². The third-order valence-electron chi connectivity index (χ3n) is 5.31. The van der Waals surface area contributed by atoms with E-state index in [-0.39, 0.29) is 23.2 Å². The van der Waals surface area contributed by atoms with E-state index < -0.39 is 11.3 Å². The van der Waals surface area contributed by atoms with E-state index in [0.717, 1.165) is 20.6 Å². The number of pyridine rings is 1. The Labute approximate surface area is 189 Å². The van der Waals surface area contributed by atoms with E-state index in [1.807, 2.05) is 43.3 Å². The molecule has 0 bridgehead atoms. The van der Waals surface area contributed by atoms with E-state index >= 15 is 0 Å². The Kier molecular flexibility index (Phi) is 6.58. The minimum atomic E-state index is -2.66. The Morgan fingerprint density at radius 2 is 1.72 bits per heavy atom. The SMILES string of the molecule is CCC(NC(=O)c1ccccc1N(c1cccc2cnccc12)S(=O)[O-])c1ccccc1. The van der Waals surface area contributed by atoms with Crippen molar-refractivity contribution in [3.63, 3.8) is 0 Å². The molecule has 0 radical (unpaired) electrons. The summed E-state index contributed by atoms with van der Waals surface area (Å²) in [6.07, 6.45) is 3.99. The first-order valence-electron chi connectivity index (χ1n) is 10.3. The second-order valence-corrected chi connectivity index (χ2v) is 8.05. The number of para-hydroxylation sites is 1. The van der Waals surface area contributed by atoms with E-state index in [9.17, 15) is 13.6 Å². The molecule has 32 heavy (non-hydrogen) atoms. The highest BCUT2D eigenvalue weighted by atomic mass is 32.2. The van der Waals surface area contributed by atoms with Gasteiger partial charge in [0.25, 0.3) is 5.91 Å². The lowest BCUT2D eigenvalue weighted by atomic mass is 10.0. The third-order valence-corrected chi connectivity index (χ3v) is 6.00. The second-order valence-electron chi connectivity index (χ2n) is 7.25. The molecule has 7 heteroatoms. The summed E-state index contributed by atoms with van der Waals surface area (Å²) < 4.78 is 25.9. The van der Waals surface area contributed by atoms with E-state index in [1.54, 1.807) is 54.9 Å². The normalized spacial score (nSPS) is 12.8. The largest absolute Gasteiger partial charge is 0.755 e. The van der Waals surface area contributed by atoms with Crippen LogP contribution >= 0.6 is 0 Å². The highest BCUT2D eigenvalue weighted by Gasteiger charge is 2.22. The standard InChI is InChI=1S/C25H23N3O3S/c1-2-22(18-9-4-3-5-10-18)27-25(29)21-12-6-7-13-24(21)28(32(30)31)23-14-8-11-19-17-26-16-15-20(19)23/h3-17,22H,2H2,1H3,(H,27,29)(H,30,31)/p-1. The van der Waals surface area contributed by atoms with Crippen LogP contribution in [0.15, 0.2) is 91.3 Å². The highest BCUT2D eigenvalue weighted by Crippen LogP contribution is 2.35. The maximum Gasteiger partial charge on any atom is 0.253 e. The molecule has 1 amide bonds. The van der Waals surface area contributed by atoms with Crippen molar-refractivity contribution in [2.45, 2.75) is 19.4 Å². The van der Waals surface area contributed by atoms with Gasteiger partial charge >= 0.3 is 0 Å². The molecule has 0 aliphatic carbocycles. The molecule has 4 rings (SSSR count). The quantitative estimate of drug-likeness (QED) is 0.404. The van der Waals surface area contributed by atoms with Gasteiger partial charge in [-0.05, 0) is 36.2 Å². The molecule has 162 valence electrons. The van der Waals surface area contributed by atoms with Crippen molar-refractivity contribution in [2.75, 3.05) is 4.31 Å². The van der Waals surface area contributed by atoms with Crippen molar-refractivity contribution in [3.8, 4) is 0 Å². The van der Waals surface area contributed by atoms with Crippen molar-refractivity contribution < 1.29 is 13.6 Å². The predicted octanol–water partition coefficient (Wildman–Crippen LogP) is 5.05. The summed E-state index contributed by atoms with van der Waals surface area (Å²) in [5.74, 6) is -0.339. The summed E-state index contributed by atoms with van der Waals surface area (Å²) >= 11 is -2.66. The Balaban J connectivity index is 1.76. The van der Waals surface area contributed by atoms with Gasteiger partial charge in [-0.15, -0.1) is 0 Å². The van der Waals surface area contributed by atoms with Crippen LogP contribution in [-0.2, 0) is 11.3 Å². The van der Waals surface area contributed by atoms with Gasteiger partial charge in [-0.2, -0.15) is 0 Å². The van der Waals surface area contributed by atoms with Crippen molar-refractivity contribution in [1.29, 1.82) is 0 Å². The van der Waals surface area contributed by atoms with Crippen molar-refractivity contribution in [2.24, 2.45) is 0 Å². The molecule has 1 heterocycles. The lowest BCUT2D eigenvalue weighted by Gasteiger charge is -2.29. The Hall–Kier alpha value is -3.55.